The molecule has 0 bridgehead atoms. The van der Waals surface area contributed by atoms with E-state index in [0.29, 0.717) is 5.39 Å². The summed E-state index contributed by atoms with van der Waals surface area (Å²) in [5, 5.41) is 11.9. The van der Waals surface area contributed by atoms with Crippen LogP contribution in [-0.4, -0.2) is 5.11 Å². The zero-order valence-electron chi connectivity index (χ0n) is 11.2. The summed E-state index contributed by atoms with van der Waals surface area (Å²) in [5.74, 6) is -0.263. The van der Waals surface area contributed by atoms with E-state index in [0.717, 1.165) is 22.1 Å². The van der Waals surface area contributed by atoms with E-state index in [9.17, 15) is 9.50 Å². The lowest BCUT2D eigenvalue weighted by Gasteiger charge is -2.15. The van der Waals surface area contributed by atoms with Crippen molar-refractivity contribution in [3.05, 3.63) is 83.2 Å². The molecule has 0 aliphatic heterocycles. The van der Waals surface area contributed by atoms with Crippen molar-refractivity contribution in [3.63, 3.8) is 0 Å². The van der Waals surface area contributed by atoms with Crippen LogP contribution in [0, 0.1) is 12.7 Å². The van der Waals surface area contributed by atoms with Gasteiger partial charge in [-0.15, -0.1) is 0 Å². The van der Waals surface area contributed by atoms with Gasteiger partial charge in [0.25, 0.3) is 0 Å². The quantitative estimate of drug-likeness (QED) is 0.730. The summed E-state index contributed by atoms with van der Waals surface area (Å²) in [6.45, 7) is 1.99. The number of benzene rings is 3. The van der Waals surface area contributed by atoms with Gasteiger partial charge in [-0.05, 0) is 29.5 Å². The van der Waals surface area contributed by atoms with Gasteiger partial charge >= 0.3 is 0 Å². The molecule has 0 aliphatic carbocycles. The van der Waals surface area contributed by atoms with Crippen molar-refractivity contribution in [2.24, 2.45) is 0 Å². The van der Waals surface area contributed by atoms with E-state index in [1.54, 1.807) is 18.2 Å². The molecule has 1 unspecified atom stereocenters. The van der Waals surface area contributed by atoms with Crippen LogP contribution in [0.3, 0.4) is 0 Å². The molecule has 0 heterocycles. The lowest BCUT2D eigenvalue weighted by Crippen LogP contribution is -2.01. The van der Waals surface area contributed by atoms with Gasteiger partial charge in [0.2, 0.25) is 0 Å². The molecule has 0 amide bonds. The van der Waals surface area contributed by atoms with Gasteiger partial charge in [0, 0.05) is 5.39 Å². The van der Waals surface area contributed by atoms with Crippen LogP contribution in [0.5, 0.6) is 0 Å². The Balaban J connectivity index is 2.17. The number of aryl methyl sites for hydroxylation is 1. The zero-order chi connectivity index (χ0) is 14.1. The lowest BCUT2D eigenvalue weighted by atomic mass is 9.95. The summed E-state index contributed by atoms with van der Waals surface area (Å²) in [6.07, 6.45) is -0.750. The minimum atomic E-state index is -0.750. The summed E-state index contributed by atoms with van der Waals surface area (Å²) in [5.41, 5.74) is 2.64. The third-order valence-corrected chi connectivity index (χ3v) is 3.56. The van der Waals surface area contributed by atoms with Crippen LogP contribution in [0.2, 0.25) is 0 Å². The van der Waals surface area contributed by atoms with Crippen molar-refractivity contribution in [2.45, 2.75) is 13.0 Å². The molecule has 0 radical (unpaired) electrons. The van der Waals surface area contributed by atoms with Crippen LogP contribution in [-0.2, 0) is 0 Å². The van der Waals surface area contributed by atoms with E-state index in [1.165, 1.54) is 6.07 Å². The minimum absolute atomic E-state index is 0.263. The van der Waals surface area contributed by atoms with Gasteiger partial charge in [-0.3, -0.25) is 0 Å². The van der Waals surface area contributed by atoms with Gasteiger partial charge in [0.1, 0.15) is 11.9 Å². The Morgan fingerprint density at radius 1 is 0.900 bits per heavy atom. The van der Waals surface area contributed by atoms with Crippen molar-refractivity contribution in [1.82, 2.24) is 0 Å². The van der Waals surface area contributed by atoms with Gasteiger partial charge in [-0.2, -0.15) is 0 Å². The van der Waals surface area contributed by atoms with E-state index < -0.39 is 6.10 Å². The average Bonchev–Trinajstić information content (AvgIpc) is 2.47. The second-order valence-electron chi connectivity index (χ2n) is 5.00. The zero-order valence-corrected chi connectivity index (χ0v) is 11.2. The largest absolute Gasteiger partial charge is 0.384 e. The van der Waals surface area contributed by atoms with Gasteiger partial charge < -0.3 is 5.11 Å². The van der Waals surface area contributed by atoms with E-state index in [-0.39, 0.29) is 5.82 Å². The van der Waals surface area contributed by atoms with E-state index >= 15 is 0 Å². The molecule has 100 valence electrons. The van der Waals surface area contributed by atoms with Crippen molar-refractivity contribution in [3.8, 4) is 0 Å². The third kappa shape index (κ3) is 2.19. The summed E-state index contributed by atoms with van der Waals surface area (Å²) >= 11 is 0. The SMILES string of the molecule is Cc1cccc(C(O)c2ccc(F)c3ccccc23)c1. The molecule has 0 aromatic heterocycles. The molecule has 1 N–H and O–H groups in total. The number of halogens is 1. The molecular formula is C18H15FO. The van der Waals surface area contributed by atoms with E-state index in [1.807, 2.05) is 43.3 Å². The number of hydrogen-bond acceptors (Lipinski definition) is 1. The highest BCUT2D eigenvalue weighted by Crippen LogP contribution is 2.30. The molecule has 1 nitrogen and oxygen atoms in total. The smallest absolute Gasteiger partial charge is 0.131 e. The average molecular weight is 266 g/mol. The first-order chi connectivity index (χ1) is 9.66. The van der Waals surface area contributed by atoms with Crippen molar-refractivity contribution >= 4 is 10.8 Å². The highest BCUT2D eigenvalue weighted by molar-refractivity contribution is 5.86. The first-order valence-corrected chi connectivity index (χ1v) is 6.58. The number of aliphatic hydroxyl groups excluding tert-OH is 1. The van der Waals surface area contributed by atoms with Crippen LogP contribution in [0.15, 0.2) is 60.7 Å². The topological polar surface area (TPSA) is 20.2 Å². The highest BCUT2D eigenvalue weighted by atomic mass is 19.1. The molecule has 0 saturated heterocycles. The standard InChI is InChI=1S/C18H15FO/c1-12-5-4-6-13(11-12)18(20)16-9-10-17(19)15-8-3-2-7-14(15)16/h2-11,18,20H,1H3. The number of hydrogen-bond donors (Lipinski definition) is 1. The molecule has 0 saturated carbocycles. The molecule has 1 atom stereocenters. The Hall–Kier alpha value is -2.19. The number of fused-ring (bicyclic) bond motifs is 1. The molecule has 0 aliphatic rings. The summed E-state index contributed by atoms with van der Waals surface area (Å²) in [7, 11) is 0. The third-order valence-electron chi connectivity index (χ3n) is 3.56. The number of aliphatic hydroxyl groups is 1. The lowest BCUT2D eigenvalue weighted by molar-refractivity contribution is 0.222. The predicted octanol–water partition coefficient (Wildman–Crippen LogP) is 4.37. The van der Waals surface area contributed by atoms with Crippen LogP contribution >= 0.6 is 0 Å². The van der Waals surface area contributed by atoms with Crippen molar-refractivity contribution in [2.75, 3.05) is 0 Å². The Morgan fingerprint density at radius 3 is 2.40 bits per heavy atom. The Labute approximate surface area is 117 Å². The van der Waals surface area contributed by atoms with E-state index in [4.69, 9.17) is 0 Å². The maximum Gasteiger partial charge on any atom is 0.131 e. The number of rotatable bonds is 2. The van der Waals surface area contributed by atoms with Gasteiger partial charge in [-0.1, -0.05) is 60.2 Å². The monoisotopic (exact) mass is 266 g/mol. The molecule has 20 heavy (non-hydrogen) atoms. The Kier molecular flexibility index (Phi) is 3.25. The normalized spacial score (nSPS) is 12.6. The molecule has 3 rings (SSSR count). The van der Waals surface area contributed by atoms with Gasteiger partial charge in [-0.25, -0.2) is 4.39 Å². The molecule has 0 spiro atoms. The fourth-order valence-corrected chi connectivity index (χ4v) is 2.54. The fourth-order valence-electron chi connectivity index (χ4n) is 2.54. The van der Waals surface area contributed by atoms with Gasteiger partial charge in [0.05, 0.1) is 0 Å². The maximum atomic E-state index is 13.8. The van der Waals surface area contributed by atoms with Crippen LogP contribution in [0.4, 0.5) is 4.39 Å². The van der Waals surface area contributed by atoms with Gasteiger partial charge in [0.15, 0.2) is 0 Å². The van der Waals surface area contributed by atoms with E-state index in [2.05, 4.69) is 0 Å². The first-order valence-electron chi connectivity index (χ1n) is 6.58. The summed E-state index contributed by atoms with van der Waals surface area (Å²) < 4.78 is 13.8. The van der Waals surface area contributed by atoms with Crippen LogP contribution in [0.25, 0.3) is 10.8 Å². The summed E-state index contributed by atoms with van der Waals surface area (Å²) in [6, 6.07) is 18.0. The fraction of sp³-hybridized carbons (Fsp3) is 0.111. The molecule has 3 aromatic carbocycles. The maximum absolute atomic E-state index is 13.8. The first kappa shape index (κ1) is 12.8. The molecular weight excluding hydrogens is 251 g/mol. The molecule has 0 fully saturated rings. The second-order valence-corrected chi connectivity index (χ2v) is 5.00. The minimum Gasteiger partial charge on any atom is -0.384 e. The highest BCUT2D eigenvalue weighted by Gasteiger charge is 2.15. The Bertz CT molecular complexity index is 764. The predicted molar refractivity (Wildman–Crippen MR) is 79.1 cm³/mol. The van der Waals surface area contributed by atoms with Crippen molar-refractivity contribution in [1.29, 1.82) is 0 Å². The molecule has 2 heteroatoms. The Morgan fingerprint density at radius 2 is 1.65 bits per heavy atom. The summed E-state index contributed by atoms with van der Waals surface area (Å²) in [4.78, 5) is 0. The van der Waals surface area contributed by atoms with Crippen LogP contribution in [0.1, 0.15) is 22.8 Å². The second kappa shape index (κ2) is 5.06. The van der Waals surface area contributed by atoms with Crippen molar-refractivity contribution < 1.29 is 9.50 Å². The van der Waals surface area contributed by atoms with Crippen LogP contribution < -0.4 is 0 Å². The molecule has 3 aromatic rings.